The fourth-order valence-corrected chi connectivity index (χ4v) is 1.38. The Morgan fingerprint density at radius 3 is 2.60 bits per heavy atom. The minimum Gasteiger partial charge on any atom is -0.404 e. The molecule has 1 rings (SSSR count). The third kappa shape index (κ3) is 3.36. The molecule has 0 aliphatic carbocycles. The SMILES string of the molecule is CCC(CC)NCc1ccc([N+](=O)[O-])o1. The Morgan fingerprint density at radius 1 is 1.47 bits per heavy atom. The van der Waals surface area contributed by atoms with Gasteiger partial charge in [-0.3, -0.25) is 10.1 Å². The highest BCUT2D eigenvalue weighted by atomic mass is 16.6. The molecule has 0 spiro atoms. The van der Waals surface area contributed by atoms with Crippen LogP contribution in [-0.4, -0.2) is 11.0 Å². The van der Waals surface area contributed by atoms with Gasteiger partial charge in [0.25, 0.3) is 0 Å². The zero-order chi connectivity index (χ0) is 11.3. The monoisotopic (exact) mass is 212 g/mol. The molecule has 0 saturated carbocycles. The molecule has 15 heavy (non-hydrogen) atoms. The molecule has 5 heteroatoms. The maximum atomic E-state index is 10.4. The molecule has 84 valence electrons. The van der Waals surface area contributed by atoms with E-state index in [1.165, 1.54) is 6.07 Å². The van der Waals surface area contributed by atoms with Gasteiger partial charge in [-0.25, -0.2) is 0 Å². The Kier molecular flexibility index (Phi) is 4.30. The molecule has 1 aromatic rings. The topological polar surface area (TPSA) is 68.3 Å². The molecule has 0 aliphatic rings. The van der Waals surface area contributed by atoms with Gasteiger partial charge >= 0.3 is 5.88 Å². The van der Waals surface area contributed by atoms with E-state index in [0.717, 1.165) is 12.8 Å². The van der Waals surface area contributed by atoms with E-state index in [-0.39, 0.29) is 5.88 Å². The van der Waals surface area contributed by atoms with Crippen molar-refractivity contribution in [2.75, 3.05) is 0 Å². The van der Waals surface area contributed by atoms with Crippen LogP contribution in [0.3, 0.4) is 0 Å². The number of nitrogens with one attached hydrogen (secondary N) is 1. The highest BCUT2D eigenvalue weighted by Crippen LogP contribution is 2.15. The van der Waals surface area contributed by atoms with Crippen LogP contribution in [0.4, 0.5) is 5.88 Å². The summed E-state index contributed by atoms with van der Waals surface area (Å²) in [6, 6.07) is 3.45. The van der Waals surface area contributed by atoms with Crippen molar-refractivity contribution in [1.29, 1.82) is 0 Å². The normalized spacial score (nSPS) is 10.9. The molecular weight excluding hydrogens is 196 g/mol. The first-order valence-corrected chi connectivity index (χ1v) is 5.13. The van der Waals surface area contributed by atoms with E-state index < -0.39 is 4.92 Å². The Morgan fingerprint density at radius 2 is 2.13 bits per heavy atom. The van der Waals surface area contributed by atoms with Crippen LogP contribution in [0.2, 0.25) is 0 Å². The van der Waals surface area contributed by atoms with Crippen LogP contribution in [0.5, 0.6) is 0 Å². The van der Waals surface area contributed by atoms with E-state index in [1.807, 2.05) is 0 Å². The van der Waals surface area contributed by atoms with Gasteiger partial charge in [0.2, 0.25) is 0 Å². The first-order valence-electron chi connectivity index (χ1n) is 5.13. The van der Waals surface area contributed by atoms with Crippen LogP contribution >= 0.6 is 0 Å². The summed E-state index contributed by atoms with van der Waals surface area (Å²) in [6.07, 6.45) is 2.08. The largest absolute Gasteiger partial charge is 0.433 e. The van der Waals surface area contributed by atoms with Gasteiger partial charge < -0.3 is 9.73 Å². The Labute approximate surface area is 88.6 Å². The summed E-state index contributed by atoms with van der Waals surface area (Å²) in [4.78, 5) is 9.83. The average molecular weight is 212 g/mol. The molecule has 5 nitrogen and oxygen atoms in total. The number of rotatable bonds is 6. The van der Waals surface area contributed by atoms with E-state index in [1.54, 1.807) is 6.07 Å². The Balaban J connectivity index is 2.47. The lowest BCUT2D eigenvalue weighted by Crippen LogP contribution is -2.26. The summed E-state index contributed by atoms with van der Waals surface area (Å²) < 4.78 is 5.02. The minimum absolute atomic E-state index is 0.198. The number of hydrogen-bond acceptors (Lipinski definition) is 4. The molecule has 1 aromatic heterocycles. The van der Waals surface area contributed by atoms with Crippen molar-refractivity contribution < 1.29 is 9.34 Å². The predicted octanol–water partition coefficient (Wildman–Crippen LogP) is 2.47. The fourth-order valence-electron chi connectivity index (χ4n) is 1.38. The Bertz CT molecular complexity index is 318. The van der Waals surface area contributed by atoms with Crippen molar-refractivity contribution in [3.8, 4) is 0 Å². The third-order valence-corrected chi connectivity index (χ3v) is 2.38. The van der Waals surface area contributed by atoms with Crippen molar-refractivity contribution >= 4 is 5.88 Å². The van der Waals surface area contributed by atoms with Crippen LogP contribution in [-0.2, 0) is 6.54 Å². The molecule has 0 aliphatic heterocycles. The van der Waals surface area contributed by atoms with Gasteiger partial charge in [0, 0.05) is 6.04 Å². The summed E-state index contributed by atoms with van der Waals surface area (Å²) in [6.45, 7) is 4.75. The van der Waals surface area contributed by atoms with Crippen molar-refractivity contribution in [2.24, 2.45) is 0 Å². The van der Waals surface area contributed by atoms with E-state index in [2.05, 4.69) is 19.2 Å². The minimum atomic E-state index is -0.527. The quantitative estimate of drug-likeness (QED) is 0.581. The molecule has 0 unspecified atom stereocenters. The molecule has 0 saturated heterocycles. The van der Waals surface area contributed by atoms with Crippen molar-refractivity contribution in [3.63, 3.8) is 0 Å². The van der Waals surface area contributed by atoms with E-state index >= 15 is 0 Å². The standard InChI is InChI=1S/C10H16N2O3/c1-3-8(4-2)11-7-9-5-6-10(15-9)12(13)14/h5-6,8,11H,3-4,7H2,1-2H3. The fraction of sp³-hybridized carbons (Fsp3) is 0.600. The Hall–Kier alpha value is -1.36. The second-order valence-electron chi connectivity index (χ2n) is 3.39. The van der Waals surface area contributed by atoms with Crippen LogP contribution in [0.1, 0.15) is 32.4 Å². The van der Waals surface area contributed by atoms with Gasteiger partial charge in [-0.05, 0) is 18.9 Å². The molecule has 0 radical (unpaired) electrons. The average Bonchev–Trinajstić information content (AvgIpc) is 2.68. The summed E-state index contributed by atoms with van der Waals surface area (Å²) in [5.41, 5.74) is 0. The first kappa shape index (κ1) is 11.7. The first-order chi connectivity index (χ1) is 7.17. The van der Waals surface area contributed by atoms with Crippen LogP contribution < -0.4 is 5.32 Å². The highest BCUT2D eigenvalue weighted by Gasteiger charge is 2.12. The molecule has 0 fully saturated rings. The molecule has 0 atom stereocenters. The van der Waals surface area contributed by atoms with E-state index in [9.17, 15) is 10.1 Å². The van der Waals surface area contributed by atoms with Gasteiger partial charge in [-0.2, -0.15) is 0 Å². The van der Waals surface area contributed by atoms with Crippen molar-refractivity contribution in [3.05, 3.63) is 28.0 Å². The lowest BCUT2D eigenvalue weighted by Gasteiger charge is -2.12. The van der Waals surface area contributed by atoms with Crippen LogP contribution in [0.15, 0.2) is 16.5 Å². The van der Waals surface area contributed by atoms with E-state index in [4.69, 9.17) is 4.42 Å². The zero-order valence-electron chi connectivity index (χ0n) is 9.03. The summed E-state index contributed by atoms with van der Waals surface area (Å²) >= 11 is 0. The van der Waals surface area contributed by atoms with E-state index in [0.29, 0.717) is 18.3 Å². The second kappa shape index (κ2) is 5.50. The molecular formula is C10H16N2O3. The lowest BCUT2D eigenvalue weighted by molar-refractivity contribution is -0.402. The number of hydrogen-bond donors (Lipinski definition) is 1. The van der Waals surface area contributed by atoms with Gasteiger partial charge in [0.05, 0.1) is 12.6 Å². The number of furan rings is 1. The zero-order valence-corrected chi connectivity index (χ0v) is 9.03. The smallest absolute Gasteiger partial charge is 0.404 e. The maximum absolute atomic E-state index is 10.4. The highest BCUT2D eigenvalue weighted by molar-refractivity contribution is 5.17. The molecule has 0 amide bonds. The van der Waals surface area contributed by atoms with Crippen molar-refractivity contribution in [2.45, 2.75) is 39.3 Å². The van der Waals surface area contributed by atoms with Gasteiger partial charge in [-0.15, -0.1) is 0 Å². The molecule has 1 N–H and O–H groups in total. The van der Waals surface area contributed by atoms with Crippen molar-refractivity contribution in [1.82, 2.24) is 5.32 Å². The third-order valence-electron chi connectivity index (χ3n) is 2.38. The summed E-state index contributed by atoms with van der Waals surface area (Å²) in [5.74, 6) is 0.407. The maximum Gasteiger partial charge on any atom is 0.433 e. The summed E-state index contributed by atoms with van der Waals surface area (Å²) in [5, 5.41) is 13.6. The number of nitro groups is 1. The summed E-state index contributed by atoms with van der Waals surface area (Å²) in [7, 11) is 0. The lowest BCUT2D eigenvalue weighted by atomic mass is 10.2. The van der Waals surface area contributed by atoms with Gasteiger partial charge in [0.15, 0.2) is 0 Å². The van der Waals surface area contributed by atoms with Gasteiger partial charge in [-0.1, -0.05) is 13.8 Å². The van der Waals surface area contributed by atoms with Gasteiger partial charge in [0.1, 0.15) is 10.7 Å². The van der Waals surface area contributed by atoms with Crippen LogP contribution in [0.25, 0.3) is 0 Å². The molecule has 0 aromatic carbocycles. The predicted molar refractivity (Wildman–Crippen MR) is 56.6 cm³/mol. The number of nitrogens with zero attached hydrogens (tertiary/aromatic N) is 1. The van der Waals surface area contributed by atoms with Crippen LogP contribution in [0, 0.1) is 10.1 Å². The molecule has 1 heterocycles. The second-order valence-corrected chi connectivity index (χ2v) is 3.39. The molecule has 0 bridgehead atoms.